The molecule has 1 aromatic rings. The number of halogens is 1. The number of rotatable bonds is 0. The molecule has 7 heavy (non-hydrogen) atoms. The molecule has 0 bridgehead atoms. The van der Waals surface area contributed by atoms with Gasteiger partial charge in [-0.25, -0.2) is 0 Å². The molecule has 0 amide bonds. The molecule has 0 atom stereocenters. The van der Waals surface area contributed by atoms with E-state index in [0.717, 1.165) is 0 Å². The minimum atomic E-state index is 0. The van der Waals surface area contributed by atoms with Crippen molar-refractivity contribution in [3.05, 3.63) is 24.5 Å². The van der Waals surface area contributed by atoms with Crippen LogP contribution in [0.4, 0.5) is 0 Å². The first kappa shape index (κ1) is 10.1. The van der Waals surface area contributed by atoms with E-state index >= 15 is 0 Å². The van der Waals surface area contributed by atoms with Gasteiger partial charge in [-0.1, -0.05) is 0 Å². The molecule has 42 valence electrons. The molecule has 0 aromatic carbocycles. The van der Waals surface area contributed by atoms with E-state index in [9.17, 15) is 0 Å². The third-order valence-corrected chi connectivity index (χ3v) is 0.496. The van der Waals surface area contributed by atoms with Gasteiger partial charge < -0.3 is 4.98 Å². The van der Waals surface area contributed by atoms with Gasteiger partial charge in [0, 0.05) is 29.5 Å². The van der Waals surface area contributed by atoms with Gasteiger partial charge in [0.1, 0.15) is 0 Å². The van der Waals surface area contributed by atoms with Crippen LogP contribution < -0.4 is 0 Å². The van der Waals surface area contributed by atoms with Gasteiger partial charge in [0.2, 0.25) is 0 Å². The summed E-state index contributed by atoms with van der Waals surface area (Å²) in [6.45, 7) is 0. The smallest absolute Gasteiger partial charge is 0.000496 e. The van der Waals surface area contributed by atoms with Crippen molar-refractivity contribution in [2.45, 2.75) is 0 Å². The van der Waals surface area contributed by atoms with Crippen molar-refractivity contribution in [1.29, 1.82) is 0 Å². The van der Waals surface area contributed by atoms with E-state index in [4.69, 9.17) is 0 Å². The van der Waals surface area contributed by atoms with Crippen molar-refractivity contribution in [3.63, 3.8) is 0 Å². The first-order valence-electron chi connectivity index (χ1n) is 1.58. The van der Waals surface area contributed by atoms with Crippen molar-refractivity contribution in [2.75, 3.05) is 0 Å². The van der Waals surface area contributed by atoms with E-state index in [1.54, 1.807) is 0 Å². The molecule has 0 spiro atoms. The van der Waals surface area contributed by atoms with Crippen LogP contribution in [0, 0.1) is 0 Å². The van der Waals surface area contributed by atoms with Gasteiger partial charge in [-0.15, -0.1) is 12.4 Å². The Balaban J connectivity index is 0. The second kappa shape index (κ2) is 6.09. The Morgan fingerprint density at radius 1 is 1.00 bits per heavy atom. The summed E-state index contributed by atoms with van der Waals surface area (Å²) in [5.41, 5.74) is 0. The molecule has 1 rings (SSSR count). The zero-order chi connectivity index (χ0) is 3.54. The standard InChI is InChI=1S/C4H5N.ClH.Fe/c1-2-4-5-3-1;;/h1-5H;1H;. The molecule has 0 unspecified atom stereocenters. The monoisotopic (exact) mass is 159 g/mol. The molecule has 0 radical (unpaired) electrons. The minimum absolute atomic E-state index is 0. The summed E-state index contributed by atoms with van der Waals surface area (Å²) in [5, 5.41) is 0. The van der Waals surface area contributed by atoms with E-state index in [2.05, 4.69) is 4.98 Å². The van der Waals surface area contributed by atoms with Crippen molar-refractivity contribution >= 4 is 12.4 Å². The van der Waals surface area contributed by atoms with Crippen molar-refractivity contribution in [3.8, 4) is 0 Å². The molecule has 1 aromatic heterocycles. The van der Waals surface area contributed by atoms with Crippen LogP contribution in [0.25, 0.3) is 0 Å². The van der Waals surface area contributed by atoms with Crippen LogP contribution in [0.15, 0.2) is 24.5 Å². The Kier molecular flexibility index (Phi) is 8.83. The van der Waals surface area contributed by atoms with Crippen molar-refractivity contribution in [1.82, 2.24) is 4.98 Å². The Labute approximate surface area is 59.4 Å². The van der Waals surface area contributed by atoms with Gasteiger partial charge in [-0.2, -0.15) is 0 Å². The van der Waals surface area contributed by atoms with Crippen LogP contribution in [0.5, 0.6) is 0 Å². The Hall–Kier alpha value is 0.0895. The van der Waals surface area contributed by atoms with E-state index in [1.165, 1.54) is 0 Å². The normalized spacial score (nSPS) is 5.71. The predicted octanol–water partition coefficient (Wildman–Crippen LogP) is 1.43. The second-order valence-electron chi connectivity index (χ2n) is 0.885. The molecule has 0 saturated carbocycles. The number of hydrogen-bond acceptors (Lipinski definition) is 0. The first-order valence-corrected chi connectivity index (χ1v) is 1.58. The molecule has 1 heterocycles. The van der Waals surface area contributed by atoms with Gasteiger partial charge in [0.25, 0.3) is 0 Å². The molecule has 0 aliphatic heterocycles. The van der Waals surface area contributed by atoms with E-state index < -0.39 is 0 Å². The zero-order valence-corrected chi connectivity index (χ0v) is 5.49. The average Bonchev–Trinajstić information content (AvgIpc) is 1.76. The summed E-state index contributed by atoms with van der Waals surface area (Å²) in [4.78, 5) is 2.86. The van der Waals surface area contributed by atoms with Gasteiger partial charge >= 0.3 is 0 Å². The molecular formula is C4H6ClFeN. The number of aromatic nitrogens is 1. The minimum Gasteiger partial charge on any atom is -0.368 e. The van der Waals surface area contributed by atoms with E-state index in [0.29, 0.717) is 0 Å². The molecule has 3 heteroatoms. The molecular weight excluding hydrogens is 153 g/mol. The summed E-state index contributed by atoms with van der Waals surface area (Å²) in [5.74, 6) is 0. The maximum atomic E-state index is 2.86. The van der Waals surface area contributed by atoms with Crippen LogP contribution >= 0.6 is 12.4 Å². The van der Waals surface area contributed by atoms with Gasteiger partial charge in [0.15, 0.2) is 0 Å². The number of H-pyrrole nitrogens is 1. The molecule has 0 aliphatic carbocycles. The van der Waals surface area contributed by atoms with Gasteiger partial charge in [-0.05, 0) is 12.1 Å². The van der Waals surface area contributed by atoms with Crippen LogP contribution in [-0.4, -0.2) is 4.98 Å². The fourth-order valence-electron chi connectivity index (χ4n) is 0.278. The number of nitrogens with one attached hydrogen (secondary N) is 1. The van der Waals surface area contributed by atoms with Crippen LogP contribution in [-0.2, 0) is 17.1 Å². The van der Waals surface area contributed by atoms with E-state index in [1.807, 2.05) is 24.5 Å². The Bertz CT molecular complexity index is 68.2. The third-order valence-electron chi connectivity index (χ3n) is 0.496. The third kappa shape index (κ3) is 3.93. The maximum absolute atomic E-state index is 2.86. The fraction of sp³-hybridized carbons (Fsp3) is 0. The number of hydrogen-bond donors (Lipinski definition) is 1. The van der Waals surface area contributed by atoms with Gasteiger partial charge in [-0.3, -0.25) is 0 Å². The summed E-state index contributed by atoms with van der Waals surface area (Å²) in [6.07, 6.45) is 3.75. The first-order chi connectivity index (χ1) is 2.50. The maximum Gasteiger partial charge on any atom is 0.000496 e. The van der Waals surface area contributed by atoms with Crippen LogP contribution in [0.1, 0.15) is 0 Å². The summed E-state index contributed by atoms with van der Waals surface area (Å²) in [6, 6.07) is 3.89. The quantitative estimate of drug-likeness (QED) is 0.551. The molecule has 1 N–H and O–H groups in total. The second-order valence-corrected chi connectivity index (χ2v) is 0.885. The summed E-state index contributed by atoms with van der Waals surface area (Å²) >= 11 is 0. The van der Waals surface area contributed by atoms with Crippen molar-refractivity contribution < 1.29 is 17.1 Å². The zero-order valence-electron chi connectivity index (χ0n) is 3.57. The number of aromatic amines is 1. The summed E-state index contributed by atoms with van der Waals surface area (Å²) < 4.78 is 0. The Morgan fingerprint density at radius 2 is 1.43 bits per heavy atom. The average molecular weight is 159 g/mol. The topological polar surface area (TPSA) is 15.8 Å². The van der Waals surface area contributed by atoms with E-state index in [-0.39, 0.29) is 29.5 Å². The van der Waals surface area contributed by atoms with Crippen LogP contribution in [0.3, 0.4) is 0 Å². The molecule has 0 aliphatic rings. The Morgan fingerprint density at radius 3 is 1.57 bits per heavy atom. The van der Waals surface area contributed by atoms with Crippen LogP contribution in [0.2, 0.25) is 0 Å². The summed E-state index contributed by atoms with van der Waals surface area (Å²) in [7, 11) is 0. The predicted molar refractivity (Wildman–Crippen MR) is 28.0 cm³/mol. The van der Waals surface area contributed by atoms with Crippen molar-refractivity contribution in [2.24, 2.45) is 0 Å². The molecule has 0 fully saturated rings. The molecule has 1 nitrogen and oxygen atoms in total. The SMILES string of the molecule is Cl.[Fe].c1cc[nH]c1. The fourth-order valence-corrected chi connectivity index (χ4v) is 0.278. The molecule has 0 saturated heterocycles. The largest absolute Gasteiger partial charge is 0.368 e. The van der Waals surface area contributed by atoms with Gasteiger partial charge in [0.05, 0.1) is 0 Å².